The third-order valence-corrected chi connectivity index (χ3v) is 6.32. The van der Waals surface area contributed by atoms with E-state index in [-0.39, 0.29) is 17.4 Å². The number of carbonyl (C=O) groups excluding carboxylic acids is 1. The second-order valence-electron chi connectivity index (χ2n) is 10.6. The SMILES string of the molecule is CC(C)(C)OC(=O)N1CCCC1.Cc1ccc2c(-c3cnn4cc(-c5ccc(O)cn5)cnc34)cccc2n1. The minimum Gasteiger partial charge on any atom is -0.506 e. The molecule has 39 heavy (non-hydrogen) atoms. The Balaban J connectivity index is 0.000000217. The normalized spacial score (nSPS) is 13.4. The summed E-state index contributed by atoms with van der Waals surface area (Å²) in [6.45, 7) is 9.37. The third kappa shape index (κ3) is 5.98. The number of fused-ring (bicyclic) bond motifs is 2. The number of aromatic hydroxyl groups is 1. The van der Waals surface area contributed by atoms with Gasteiger partial charge in [0.25, 0.3) is 0 Å². The highest BCUT2D eigenvalue weighted by atomic mass is 16.6. The van der Waals surface area contributed by atoms with Crippen LogP contribution in [0.1, 0.15) is 39.3 Å². The van der Waals surface area contributed by atoms with E-state index < -0.39 is 0 Å². The van der Waals surface area contributed by atoms with Crippen LogP contribution >= 0.6 is 0 Å². The zero-order valence-corrected chi connectivity index (χ0v) is 22.6. The van der Waals surface area contributed by atoms with Crippen molar-refractivity contribution in [2.75, 3.05) is 13.1 Å². The lowest BCUT2D eigenvalue weighted by atomic mass is 10.0. The number of amides is 1. The van der Waals surface area contributed by atoms with E-state index in [4.69, 9.17) is 4.74 Å². The number of hydrogen-bond donors (Lipinski definition) is 1. The lowest BCUT2D eigenvalue weighted by Crippen LogP contribution is -2.34. The summed E-state index contributed by atoms with van der Waals surface area (Å²) in [4.78, 5) is 26.6. The molecule has 0 bridgehead atoms. The molecule has 0 atom stereocenters. The fourth-order valence-corrected chi connectivity index (χ4v) is 4.47. The molecular weight excluding hydrogens is 492 g/mol. The van der Waals surface area contributed by atoms with Crippen LogP contribution in [0.4, 0.5) is 4.79 Å². The number of pyridine rings is 2. The predicted molar refractivity (Wildman–Crippen MR) is 150 cm³/mol. The molecule has 1 saturated heterocycles. The number of benzene rings is 1. The molecule has 1 N–H and O–H groups in total. The number of likely N-dealkylation sites (tertiary alicyclic amines) is 1. The molecule has 1 aromatic carbocycles. The van der Waals surface area contributed by atoms with Gasteiger partial charge in [0, 0.05) is 47.7 Å². The molecule has 0 spiro atoms. The fraction of sp³-hybridized carbons (Fsp3) is 0.300. The van der Waals surface area contributed by atoms with Gasteiger partial charge < -0.3 is 14.7 Å². The number of aromatic nitrogens is 5. The molecule has 0 unspecified atom stereocenters. The molecule has 9 nitrogen and oxygen atoms in total. The van der Waals surface area contributed by atoms with Crippen molar-refractivity contribution in [2.45, 2.75) is 46.1 Å². The molecule has 1 aliphatic heterocycles. The maximum Gasteiger partial charge on any atom is 0.410 e. The van der Waals surface area contributed by atoms with E-state index in [0.29, 0.717) is 0 Å². The summed E-state index contributed by atoms with van der Waals surface area (Å²) in [5.74, 6) is 0.133. The van der Waals surface area contributed by atoms with Crippen molar-refractivity contribution < 1.29 is 14.6 Å². The number of ether oxygens (including phenoxy) is 1. The first-order valence-corrected chi connectivity index (χ1v) is 13.0. The van der Waals surface area contributed by atoms with Crippen molar-refractivity contribution in [1.29, 1.82) is 0 Å². The Morgan fingerprint density at radius 1 is 0.949 bits per heavy atom. The zero-order chi connectivity index (χ0) is 27.6. The smallest absolute Gasteiger partial charge is 0.410 e. The van der Waals surface area contributed by atoms with Crippen LogP contribution in [-0.4, -0.2) is 59.4 Å². The van der Waals surface area contributed by atoms with Gasteiger partial charge in [0.1, 0.15) is 11.4 Å². The Morgan fingerprint density at radius 3 is 2.46 bits per heavy atom. The van der Waals surface area contributed by atoms with Crippen LogP contribution in [0.2, 0.25) is 0 Å². The summed E-state index contributed by atoms with van der Waals surface area (Å²) in [6.07, 6.45) is 8.95. The summed E-state index contributed by atoms with van der Waals surface area (Å²) in [5.41, 5.74) is 5.91. The van der Waals surface area contributed by atoms with Gasteiger partial charge in [0.2, 0.25) is 0 Å². The van der Waals surface area contributed by atoms with Gasteiger partial charge in [-0.2, -0.15) is 5.10 Å². The van der Waals surface area contributed by atoms with Gasteiger partial charge in [-0.1, -0.05) is 18.2 Å². The highest BCUT2D eigenvalue weighted by Crippen LogP contribution is 2.31. The highest BCUT2D eigenvalue weighted by Gasteiger charge is 2.24. The molecule has 200 valence electrons. The molecule has 1 fully saturated rings. The lowest BCUT2D eigenvalue weighted by molar-refractivity contribution is 0.0295. The Bertz CT molecular complexity index is 1620. The van der Waals surface area contributed by atoms with Crippen molar-refractivity contribution >= 4 is 22.6 Å². The van der Waals surface area contributed by atoms with Crippen molar-refractivity contribution in [3.8, 4) is 28.1 Å². The Morgan fingerprint density at radius 2 is 1.74 bits per heavy atom. The van der Waals surface area contributed by atoms with Crippen LogP contribution in [0.15, 0.2) is 67.3 Å². The fourth-order valence-electron chi connectivity index (χ4n) is 4.47. The highest BCUT2D eigenvalue weighted by molar-refractivity contribution is 5.98. The summed E-state index contributed by atoms with van der Waals surface area (Å²) in [5, 5.41) is 15.0. The second kappa shape index (κ2) is 10.7. The predicted octanol–water partition coefficient (Wildman–Crippen LogP) is 6.04. The third-order valence-electron chi connectivity index (χ3n) is 6.32. The van der Waals surface area contributed by atoms with Crippen LogP contribution in [0.5, 0.6) is 5.75 Å². The minimum atomic E-state index is -0.361. The average Bonchev–Trinajstić information content (AvgIpc) is 3.58. The van der Waals surface area contributed by atoms with Crippen molar-refractivity contribution in [2.24, 2.45) is 0 Å². The first kappa shape index (κ1) is 26.1. The summed E-state index contributed by atoms with van der Waals surface area (Å²) in [7, 11) is 0. The first-order valence-electron chi connectivity index (χ1n) is 13.0. The van der Waals surface area contributed by atoms with Crippen molar-refractivity contribution in [1.82, 2.24) is 29.5 Å². The van der Waals surface area contributed by atoms with Crippen molar-refractivity contribution in [3.63, 3.8) is 0 Å². The number of nitrogens with zero attached hydrogens (tertiary/aromatic N) is 6. The van der Waals surface area contributed by atoms with E-state index in [1.165, 1.54) is 6.20 Å². The molecule has 6 rings (SSSR count). The molecule has 0 aliphatic carbocycles. The Labute approximate surface area is 227 Å². The van der Waals surface area contributed by atoms with Crippen LogP contribution in [-0.2, 0) is 4.74 Å². The molecule has 0 saturated carbocycles. The molecule has 0 radical (unpaired) electrons. The number of rotatable bonds is 2. The van der Waals surface area contributed by atoms with E-state index in [1.54, 1.807) is 27.7 Å². The van der Waals surface area contributed by atoms with Crippen LogP contribution in [0.3, 0.4) is 0 Å². The molecule has 4 aromatic heterocycles. The molecule has 1 aliphatic rings. The molecule has 5 heterocycles. The van der Waals surface area contributed by atoms with Gasteiger partial charge in [0.15, 0.2) is 5.65 Å². The molecule has 1 amide bonds. The monoisotopic (exact) mass is 524 g/mol. The average molecular weight is 525 g/mol. The summed E-state index contributed by atoms with van der Waals surface area (Å²) >= 11 is 0. The van der Waals surface area contributed by atoms with E-state index in [9.17, 15) is 9.90 Å². The number of hydrogen-bond acceptors (Lipinski definition) is 7. The Kier molecular flexibility index (Phi) is 7.15. The van der Waals surface area contributed by atoms with Gasteiger partial charge in [-0.3, -0.25) is 9.97 Å². The quantitative estimate of drug-likeness (QED) is 0.300. The van der Waals surface area contributed by atoms with Gasteiger partial charge in [-0.15, -0.1) is 0 Å². The number of aryl methyl sites for hydroxylation is 1. The summed E-state index contributed by atoms with van der Waals surface area (Å²) < 4.78 is 6.96. The van der Waals surface area contributed by atoms with E-state index in [0.717, 1.165) is 70.6 Å². The standard InChI is InChI=1S/C21H15N5O.C9H17NO2/c1-13-5-7-17-16(3-2-4-20(17)25-13)18-11-24-26-12-14(9-23-21(18)26)19-8-6-15(27)10-22-19;1-9(2,3)12-8(11)10-6-4-5-7-10/h2-12,27H,1H3;4-7H2,1-3H3. The van der Waals surface area contributed by atoms with Gasteiger partial charge in [-0.05, 0) is 70.4 Å². The Hall–Kier alpha value is -4.53. The maximum absolute atomic E-state index is 11.4. The molecular formula is C30H32N6O3. The summed E-state index contributed by atoms with van der Waals surface area (Å²) in [6, 6.07) is 13.5. The van der Waals surface area contributed by atoms with Gasteiger partial charge in [-0.25, -0.2) is 14.3 Å². The largest absolute Gasteiger partial charge is 0.506 e. The number of carbonyl (C=O) groups is 1. The van der Waals surface area contributed by atoms with Crippen molar-refractivity contribution in [3.05, 3.63) is 72.9 Å². The lowest BCUT2D eigenvalue weighted by Gasteiger charge is -2.23. The first-order chi connectivity index (χ1) is 18.7. The van der Waals surface area contributed by atoms with Crippen LogP contribution in [0, 0.1) is 6.92 Å². The molecule has 5 aromatic rings. The molecule has 9 heteroatoms. The van der Waals surface area contributed by atoms with Crippen LogP contribution < -0.4 is 0 Å². The van der Waals surface area contributed by atoms with Gasteiger partial charge >= 0.3 is 6.09 Å². The van der Waals surface area contributed by atoms with E-state index >= 15 is 0 Å². The second-order valence-corrected chi connectivity index (χ2v) is 10.6. The van der Waals surface area contributed by atoms with Gasteiger partial charge in [0.05, 0.1) is 23.6 Å². The van der Waals surface area contributed by atoms with E-state index in [2.05, 4.69) is 32.2 Å². The minimum absolute atomic E-state index is 0.133. The zero-order valence-electron chi connectivity index (χ0n) is 22.6. The maximum atomic E-state index is 11.4. The van der Waals surface area contributed by atoms with E-state index in [1.807, 2.05) is 58.3 Å². The topological polar surface area (TPSA) is 106 Å². The van der Waals surface area contributed by atoms with Crippen LogP contribution in [0.25, 0.3) is 38.9 Å².